The fraction of sp³-hybridized carbons (Fsp3) is 0.333. The predicted octanol–water partition coefficient (Wildman–Crippen LogP) is 5.71. The minimum atomic E-state index is -3.57. The Hall–Kier alpha value is -3.07. The molecule has 0 saturated heterocycles. The van der Waals surface area contributed by atoms with E-state index < -0.39 is 16.1 Å². The van der Waals surface area contributed by atoms with Gasteiger partial charge in [-0.25, -0.2) is 8.42 Å². The normalized spacial score (nSPS) is 12.0. The molecule has 10 heteroatoms. The van der Waals surface area contributed by atoms with Crippen LogP contribution in [0.5, 0.6) is 0 Å². The van der Waals surface area contributed by atoms with Crippen LogP contribution in [0.2, 0.25) is 10.0 Å². The molecule has 3 aromatic rings. The molecule has 0 unspecified atom stereocenters. The molecule has 3 aromatic carbocycles. The van der Waals surface area contributed by atoms with Crippen LogP contribution in [0.4, 0.5) is 5.69 Å². The van der Waals surface area contributed by atoms with Crippen LogP contribution < -0.4 is 9.62 Å². The molecule has 2 amide bonds. The monoisotopic (exact) mass is 603 g/mol. The van der Waals surface area contributed by atoms with Crippen molar-refractivity contribution in [2.75, 3.05) is 23.7 Å². The first-order valence-electron chi connectivity index (χ1n) is 13.2. The summed E-state index contributed by atoms with van der Waals surface area (Å²) in [7, 11) is -3.57. The second-order valence-electron chi connectivity index (χ2n) is 9.49. The van der Waals surface area contributed by atoms with Crippen LogP contribution in [0.15, 0.2) is 78.9 Å². The van der Waals surface area contributed by atoms with E-state index in [2.05, 4.69) is 5.32 Å². The lowest BCUT2D eigenvalue weighted by molar-refractivity contribution is -0.141. The molecule has 0 aromatic heterocycles. The Balaban J connectivity index is 1.91. The third-order valence-corrected chi connectivity index (χ3v) is 8.31. The number of hydrogen-bond donors (Lipinski definition) is 1. The number of para-hydroxylation sites is 1. The topological polar surface area (TPSA) is 86.8 Å². The molecule has 0 spiro atoms. The zero-order valence-electron chi connectivity index (χ0n) is 22.7. The van der Waals surface area contributed by atoms with E-state index in [-0.39, 0.29) is 37.7 Å². The highest BCUT2D eigenvalue weighted by molar-refractivity contribution is 7.92. The number of nitrogens with one attached hydrogen (secondary N) is 1. The number of sulfonamides is 1. The first kappa shape index (κ1) is 31.5. The Morgan fingerprint density at radius 3 is 2.08 bits per heavy atom. The van der Waals surface area contributed by atoms with Gasteiger partial charge in [-0.3, -0.25) is 13.9 Å². The van der Waals surface area contributed by atoms with Crippen molar-refractivity contribution in [1.29, 1.82) is 0 Å². The van der Waals surface area contributed by atoms with Gasteiger partial charge >= 0.3 is 0 Å². The molecule has 214 valence electrons. The van der Waals surface area contributed by atoms with Crippen molar-refractivity contribution in [2.24, 2.45) is 0 Å². The third kappa shape index (κ3) is 8.98. The average molecular weight is 605 g/mol. The molecule has 7 nitrogen and oxygen atoms in total. The summed E-state index contributed by atoms with van der Waals surface area (Å²) < 4.78 is 26.3. The van der Waals surface area contributed by atoms with Crippen molar-refractivity contribution in [3.63, 3.8) is 0 Å². The molecule has 0 heterocycles. The Bertz CT molecular complexity index is 1350. The molecule has 0 radical (unpaired) electrons. The van der Waals surface area contributed by atoms with Gasteiger partial charge in [-0.2, -0.15) is 0 Å². The summed E-state index contributed by atoms with van der Waals surface area (Å²) in [6, 6.07) is 22.5. The van der Waals surface area contributed by atoms with E-state index in [0.717, 1.165) is 18.2 Å². The zero-order chi connectivity index (χ0) is 29.1. The molecule has 1 atom stereocenters. The lowest BCUT2D eigenvalue weighted by atomic mass is 10.0. The molecule has 0 bridgehead atoms. The highest BCUT2D eigenvalue weighted by atomic mass is 35.5. The van der Waals surface area contributed by atoms with E-state index in [1.807, 2.05) is 43.3 Å². The Labute approximate surface area is 247 Å². The van der Waals surface area contributed by atoms with Gasteiger partial charge in [-0.05, 0) is 42.7 Å². The van der Waals surface area contributed by atoms with E-state index in [9.17, 15) is 18.0 Å². The van der Waals surface area contributed by atoms with Gasteiger partial charge in [-0.1, -0.05) is 84.7 Å². The molecule has 0 aliphatic carbocycles. The summed E-state index contributed by atoms with van der Waals surface area (Å²) >= 11 is 12.9. The van der Waals surface area contributed by atoms with Crippen LogP contribution in [0.1, 0.15) is 37.3 Å². The fourth-order valence-corrected chi connectivity index (χ4v) is 5.85. The molecule has 1 N–H and O–H groups in total. The number of halogens is 2. The minimum Gasteiger partial charge on any atom is -0.354 e. The van der Waals surface area contributed by atoms with E-state index >= 15 is 0 Å². The van der Waals surface area contributed by atoms with Gasteiger partial charge in [0.05, 0.1) is 11.9 Å². The van der Waals surface area contributed by atoms with Crippen LogP contribution in [-0.4, -0.2) is 50.5 Å². The van der Waals surface area contributed by atoms with Crippen LogP contribution in [0.25, 0.3) is 0 Å². The van der Waals surface area contributed by atoms with Gasteiger partial charge in [0.2, 0.25) is 21.8 Å². The van der Waals surface area contributed by atoms with Gasteiger partial charge < -0.3 is 10.2 Å². The third-order valence-electron chi connectivity index (χ3n) is 6.41. The summed E-state index contributed by atoms with van der Waals surface area (Å²) in [5.74, 6) is -0.575. The number of hydrogen-bond acceptors (Lipinski definition) is 4. The molecular formula is C30H35Cl2N3O4S. The van der Waals surface area contributed by atoms with Gasteiger partial charge in [0, 0.05) is 48.1 Å². The van der Waals surface area contributed by atoms with Crippen molar-refractivity contribution in [3.8, 4) is 0 Å². The Morgan fingerprint density at radius 1 is 0.900 bits per heavy atom. The molecule has 0 saturated carbocycles. The maximum Gasteiger partial charge on any atom is 0.243 e. The van der Waals surface area contributed by atoms with E-state index in [4.69, 9.17) is 23.2 Å². The fourth-order valence-electron chi connectivity index (χ4n) is 4.37. The van der Waals surface area contributed by atoms with Crippen LogP contribution in [-0.2, 0) is 32.6 Å². The molecule has 0 fully saturated rings. The Kier molecular flexibility index (Phi) is 11.9. The SMILES string of the molecule is CCCNC(=O)[C@H](Cc1ccccc1)N(Cc1c(Cl)cccc1Cl)C(=O)CCCN(c1ccccc1)S(C)(=O)=O. The first-order chi connectivity index (χ1) is 19.1. The molecule has 3 rings (SSSR count). The summed E-state index contributed by atoms with van der Waals surface area (Å²) in [5, 5.41) is 3.72. The van der Waals surface area contributed by atoms with E-state index in [1.54, 1.807) is 42.5 Å². The number of rotatable bonds is 14. The quantitative estimate of drug-likeness (QED) is 0.256. The number of amides is 2. The predicted molar refractivity (Wildman–Crippen MR) is 162 cm³/mol. The molecule has 40 heavy (non-hydrogen) atoms. The van der Waals surface area contributed by atoms with Crippen molar-refractivity contribution < 1.29 is 18.0 Å². The van der Waals surface area contributed by atoms with Crippen molar-refractivity contribution in [2.45, 2.75) is 45.2 Å². The molecule has 0 aliphatic heterocycles. The van der Waals surface area contributed by atoms with E-state index in [0.29, 0.717) is 34.3 Å². The van der Waals surface area contributed by atoms with Crippen LogP contribution in [0.3, 0.4) is 0 Å². The molecule has 0 aliphatic rings. The second-order valence-corrected chi connectivity index (χ2v) is 12.2. The van der Waals surface area contributed by atoms with Crippen LogP contribution in [0, 0.1) is 0 Å². The number of carbonyl (C=O) groups is 2. The van der Waals surface area contributed by atoms with Gasteiger partial charge in [0.15, 0.2) is 0 Å². The highest BCUT2D eigenvalue weighted by Crippen LogP contribution is 2.28. The van der Waals surface area contributed by atoms with E-state index in [1.165, 1.54) is 9.21 Å². The number of carbonyl (C=O) groups excluding carboxylic acids is 2. The number of anilines is 1. The first-order valence-corrected chi connectivity index (χ1v) is 15.8. The summed E-state index contributed by atoms with van der Waals surface area (Å²) in [6.45, 7) is 2.57. The average Bonchev–Trinajstić information content (AvgIpc) is 2.93. The summed E-state index contributed by atoms with van der Waals surface area (Å²) in [6.07, 6.45) is 2.45. The largest absolute Gasteiger partial charge is 0.354 e. The smallest absolute Gasteiger partial charge is 0.243 e. The highest BCUT2D eigenvalue weighted by Gasteiger charge is 2.31. The summed E-state index contributed by atoms with van der Waals surface area (Å²) in [4.78, 5) is 28.8. The number of nitrogens with zero attached hydrogens (tertiary/aromatic N) is 2. The Morgan fingerprint density at radius 2 is 1.50 bits per heavy atom. The van der Waals surface area contributed by atoms with Gasteiger partial charge in [0.1, 0.15) is 6.04 Å². The maximum absolute atomic E-state index is 13.8. The van der Waals surface area contributed by atoms with Crippen molar-refractivity contribution in [3.05, 3.63) is 100 Å². The minimum absolute atomic E-state index is 0.0211. The molecular weight excluding hydrogens is 569 g/mol. The maximum atomic E-state index is 13.8. The zero-order valence-corrected chi connectivity index (χ0v) is 25.1. The lowest BCUT2D eigenvalue weighted by Crippen LogP contribution is -2.50. The van der Waals surface area contributed by atoms with Gasteiger partial charge in [0.25, 0.3) is 0 Å². The van der Waals surface area contributed by atoms with Gasteiger partial charge in [-0.15, -0.1) is 0 Å². The lowest BCUT2D eigenvalue weighted by Gasteiger charge is -2.32. The van der Waals surface area contributed by atoms with Crippen LogP contribution >= 0.6 is 23.2 Å². The van der Waals surface area contributed by atoms with Crippen molar-refractivity contribution in [1.82, 2.24) is 10.2 Å². The van der Waals surface area contributed by atoms with Crippen molar-refractivity contribution >= 4 is 50.7 Å². The number of benzene rings is 3. The summed E-state index contributed by atoms with van der Waals surface area (Å²) in [5.41, 5.74) is 1.97. The second kappa shape index (κ2) is 15.1. The standard InChI is InChI=1S/C30H35Cl2N3O4S/c1-3-19-33-30(37)28(21-23-12-6-4-7-13-23)34(22-25-26(31)16-10-17-27(25)32)29(36)18-11-20-35(40(2,38)39)24-14-8-5-9-15-24/h4-10,12-17,28H,3,11,18-22H2,1-2H3,(H,33,37)/t28-/m0/s1.